The highest BCUT2D eigenvalue weighted by atomic mass is 19.1. The van der Waals surface area contributed by atoms with Crippen LogP contribution in [-0.2, 0) is 11.4 Å². The molecule has 2 aliphatic heterocycles. The van der Waals surface area contributed by atoms with Gasteiger partial charge in [0.2, 0.25) is 0 Å². The molecule has 0 atom stereocenters. The monoisotopic (exact) mass is 370 g/mol. The Morgan fingerprint density at radius 2 is 1.93 bits per heavy atom. The lowest BCUT2D eigenvalue weighted by atomic mass is 9.90. The van der Waals surface area contributed by atoms with E-state index in [0.717, 1.165) is 44.6 Å². The first-order valence-electron chi connectivity index (χ1n) is 9.41. The number of halogens is 1. The SMILES string of the molecule is O=C(CCN1CCC(Cc2ccc(F)cc2)CC1)c1ccc2c(c1)OON2. The van der Waals surface area contributed by atoms with Crippen LogP contribution in [0.1, 0.15) is 35.2 Å². The van der Waals surface area contributed by atoms with Gasteiger partial charge in [0.05, 0.1) is 0 Å². The topological polar surface area (TPSA) is 50.8 Å². The van der Waals surface area contributed by atoms with Gasteiger partial charge in [0.15, 0.2) is 11.5 Å². The molecule has 0 saturated carbocycles. The van der Waals surface area contributed by atoms with Crippen molar-refractivity contribution in [3.05, 3.63) is 59.4 Å². The number of rotatable bonds is 6. The first kappa shape index (κ1) is 17.9. The smallest absolute Gasteiger partial charge is 0.194 e. The van der Waals surface area contributed by atoms with Gasteiger partial charge >= 0.3 is 0 Å². The Morgan fingerprint density at radius 1 is 1.15 bits per heavy atom. The summed E-state index contributed by atoms with van der Waals surface area (Å²) in [7, 11) is 0. The number of Topliss-reactive ketones (excluding diaryl/α,β-unsaturated/α-hetero) is 1. The minimum atomic E-state index is -0.183. The summed E-state index contributed by atoms with van der Waals surface area (Å²) in [4.78, 5) is 24.4. The highest BCUT2D eigenvalue weighted by molar-refractivity contribution is 5.97. The maximum absolute atomic E-state index is 13.0. The van der Waals surface area contributed by atoms with Crippen molar-refractivity contribution >= 4 is 11.5 Å². The normalized spacial score (nSPS) is 17.2. The third-order valence-electron chi connectivity index (χ3n) is 5.39. The van der Waals surface area contributed by atoms with Gasteiger partial charge in [0, 0.05) is 18.5 Å². The van der Waals surface area contributed by atoms with E-state index in [0.29, 0.717) is 23.7 Å². The van der Waals surface area contributed by atoms with Crippen molar-refractivity contribution in [3.8, 4) is 5.75 Å². The van der Waals surface area contributed by atoms with Crippen LogP contribution in [0.2, 0.25) is 0 Å². The van der Waals surface area contributed by atoms with Crippen LogP contribution in [-0.4, -0.2) is 30.3 Å². The van der Waals surface area contributed by atoms with E-state index in [1.54, 1.807) is 18.2 Å². The average Bonchev–Trinajstić information content (AvgIpc) is 3.17. The summed E-state index contributed by atoms with van der Waals surface area (Å²) in [6.45, 7) is 2.78. The number of carbonyl (C=O) groups is 1. The number of anilines is 1. The molecule has 4 rings (SSSR count). The van der Waals surface area contributed by atoms with Crippen molar-refractivity contribution in [2.75, 3.05) is 25.1 Å². The number of ketones is 1. The molecule has 0 aliphatic carbocycles. The highest BCUT2D eigenvalue weighted by Crippen LogP contribution is 2.31. The molecule has 6 heteroatoms. The predicted molar refractivity (Wildman–Crippen MR) is 100.0 cm³/mol. The zero-order valence-corrected chi connectivity index (χ0v) is 15.1. The van der Waals surface area contributed by atoms with Gasteiger partial charge in [-0.15, -0.1) is 0 Å². The third kappa shape index (κ3) is 4.46. The molecule has 2 heterocycles. The fourth-order valence-corrected chi connectivity index (χ4v) is 3.73. The Hall–Kier alpha value is -2.44. The minimum absolute atomic E-state index is 0.113. The van der Waals surface area contributed by atoms with Gasteiger partial charge in [-0.05, 0) is 74.2 Å². The highest BCUT2D eigenvalue weighted by Gasteiger charge is 2.21. The van der Waals surface area contributed by atoms with Crippen LogP contribution in [0.3, 0.4) is 0 Å². The van der Waals surface area contributed by atoms with E-state index in [4.69, 9.17) is 4.89 Å². The number of likely N-dealkylation sites (tertiary alicyclic amines) is 1. The molecule has 2 aliphatic rings. The molecule has 0 unspecified atom stereocenters. The fourth-order valence-electron chi connectivity index (χ4n) is 3.73. The number of hydrogen-bond donors (Lipinski definition) is 1. The Balaban J connectivity index is 1.22. The summed E-state index contributed by atoms with van der Waals surface area (Å²) in [6.07, 6.45) is 3.72. The number of piperidine rings is 1. The molecule has 0 radical (unpaired) electrons. The summed E-state index contributed by atoms with van der Waals surface area (Å²) in [6, 6.07) is 12.1. The van der Waals surface area contributed by atoms with Crippen LogP contribution in [0, 0.1) is 11.7 Å². The third-order valence-corrected chi connectivity index (χ3v) is 5.39. The number of hydrogen-bond acceptors (Lipinski definition) is 5. The largest absolute Gasteiger partial charge is 0.312 e. The van der Waals surface area contributed by atoms with Crippen molar-refractivity contribution in [1.29, 1.82) is 0 Å². The van der Waals surface area contributed by atoms with E-state index in [9.17, 15) is 9.18 Å². The van der Waals surface area contributed by atoms with Crippen molar-refractivity contribution in [2.24, 2.45) is 5.92 Å². The lowest BCUT2D eigenvalue weighted by Crippen LogP contribution is -2.35. The summed E-state index contributed by atoms with van der Waals surface area (Å²) >= 11 is 0. The van der Waals surface area contributed by atoms with Crippen molar-refractivity contribution in [3.63, 3.8) is 0 Å². The minimum Gasteiger partial charge on any atom is -0.312 e. The van der Waals surface area contributed by atoms with E-state index in [1.807, 2.05) is 12.1 Å². The fraction of sp³-hybridized carbons (Fsp3) is 0.381. The van der Waals surface area contributed by atoms with Crippen molar-refractivity contribution in [1.82, 2.24) is 4.90 Å². The Bertz CT molecular complexity index is 802. The van der Waals surface area contributed by atoms with E-state index < -0.39 is 0 Å². The molecule has 1 N–H and O–H groups in total. The number of fused-ring (bicyclic) bond motifs is 1. The second-order valence-corrected chi connectivity index (χ2v) is 7.27. The first-order valence-corrected chi connectivity index (χ1v) is 9.41. The lowest BCUT2D eigenvalue weighted by Gasteiger charge is -2.31. The molecular weight excluding hydrogens is 347 g/mol. The van der Waals surface area contributed by atoms with Gasteiger partial charge in [-0.3, -0.25) is 4.79 Å². The number of carbonyl (C=O) groups excluding carboxylic acids is 1. The molecule has 0 amide bonds. The molecule has 1 fully saturated rings. The van der Waals surface area contributed by atoms with Crippen LogP contribution in [0.25, 0.3) is 0 Å². The molecule has 5 nitrogen and oxygen atoms in total. The summed E-state index contributed by atoms with van der Waals surface area (Å²) in [5.41, 5.74) is 5.19. The predicted octanol–water partition coefficient (Wildman–Crippen LogP) is 4.00. The molecular formula is C21H23FN2O3. The summed E-state index contributed by atoms with van der Waals surface area (Å²) in [5.74, 6) is 1.10. The quantitative estimate of drug-likeness (QED) is 0.615. The van der Waals surface area contributed by atoms with Gasteiger partial charge in [-0.2, -0.15) is 0 Å². The molecule has 0 aromatic heterocycles. The Labute approximate surface area is 158 Å². The first-order chi connectivity index (χ1) is 13.2. The van der Waals surface area contributed by atoms with E-state index >= 15 is 0 Å². The standard InChI is InChI=1S/C21H23FN2O3/c22-18-4-1-15(2-5-18)13-16-7-10-24(11-8-16)12-9-20(25)17-3-6-19-21(14-17)26-27-23-19/h1-6,14,16,23H,7-13H2. The van der Waals surface area contributed by atoms with Crippen molar-refractivity contribution in [2.45, 2.75) is 25.7 Å². The van der Waals surface area contributed by atoms with E-state index in [2.05, 4.69) is 15.4 Å². The lowest BCUT2D eigenvalue weighted by molar-refractivity contribution is -0.160. The molecule has 142 valence electrons. The second kappa shape index (κ2) is 8.06. The van der Waals surface area contributed by atoms with Crippen LogP contribution in [0.15, 0.2) is 42.5 Å². The zero-order chi connectivity index (χ0) is 18.6. The number of benzene rings is 2. The van der Waals surface area contributed by atoms with Crippen LogP contribution < -0.4 is 10.4 Å². The molecule has 2 aromatic rings. The molecule has 1 saturated heterocycles. The number of nitrogens with zero attached hydrogens (tertiary/aromatic N) is 1. The van der Waals surface area contributed by atoms with Crippen molar-refractivity contribution < 1.29 is 19.1 Å². The van der Waals surface area contributed by atoms with Gasteiger partial charge in [0.1, 0.15) is 11.5 Å². The van der Waals surface area contributed by atoms with Crippen LogP contribution >= 0.6 is 0 Å². The Kier molecular flexibility index (Phi) is 5.36. The van der Waals surface area contributed by atoms with Gasteiger partial charge in [-0.1, -0.05) is 17.1 Å². The van der Waals surface area contributed by atoms with E-state index in [1.165, 1.54) is 17.7 Å². The van der Waals surface area contributed by atoms with Crippen LogP contribution in [0.5, 0.6) is 5.75 Å². The number of nitrogens with one attached hydrogen (secondary N) is 1. The Morgan fingerprint density at radius 3 is 2.70 bits per heavy atom. The maximum Gasteiger partial charge on any atom is 0.194 e. The maximum atomic E-state index is 13.0. The van der Waals surface area contributed by atoms with Gasteiger partial charge in [0.25, 0.3) is 0 Å². The molecule has 2 aromatic carbocycles. The molecule has 27 heavy (non-hydrogen) atoms. The van der Waals surface area contributed by atoms with Crippen LogP contribution in [0.4, 0.5) is 10.1 Å². The average molecular weight is 370 g/mol. The van der Waals surface area contributed by atoms with Gasteiger partial charge < -0.3 is 9.79 Å². The second-order valence-electron chi connectivity index (χ2n) is 7.27. The van der Waals surface area contributed by atoms with E-state index in [-0.39, 0.29) is 11.6 Å². The zero-order valence-electron chi connectivity index (χ0n) is 15.1. The molecule has 0 spiro atoms. The summed E-state index contributed by atoms with van der Waals surface area (Å²) < 4.78 is 13.0. The summed E-state index contributed by atoms with van der Waals surface area (Å²) in [5, 5.41) is 0. The molecule has 0 bridgehead atoms. The van der Waals surface area contributed by atoms with Gasteiger partial charge in [-0.25, -0.2) is 9.87 Å².